The van der Waals surface area contributed by atoms with Crippen LogP contribution in [0.3, 0.4) is 0 Å². The number of anilines is 1. The minimum absolute atomic E-state index is 0.124. The zero-order valence-electron chi connectivity index (χ0n) is 18.3. The number of carbonyl (C=O) groups is 1. The predicted molar refractivity (Wildman–Crippen MR) is 133 cm³/mol. The Labute approximate surface area is 204 Å². The van der Waals surface area contributed by atoms with Gasteiger partial charge in [0.15, 0.2) is 0 Å². The molecule has 0 atom stereocenters. The number of hydrogen-bond donors (Lipinski definition) is 0. The van der Waals surface area contributed by atoms with Crippen LogP contribution in [0.5, 0.6) is 0 Å². The van der Waals surface area contributed by atoms with Crippen molar-refractivity contribution in [1.29, 1.82) is 0 Å². The van der Waals surface area contributed by atoms with Crippen molar-refractivity contribution in [3.63, 3.8) is 0 Å². The van der Waals surface area contributed by atoms with Gasteiger partial charge in [-0.25, -0.2) is 5.01 Å². The lowest BCUT2D eigenvalue weighted by molar-refractivity contribution is -0.137. The van der Waals surface area contributed by atoms with Crippen molar-refractivity contribution in [2.24, 2.45) is 0 Å². The first-order valence-corrected chi connectivity index (χ1v) is 11.6. The number of halogens is 3. The summed E-state index contributed by atoms with van der Waals surface area (Å²) in [5.74, 6) is 0. The summed E-state index contributed by atoms with van der Waals surface area (Å²) in [4.78, 5) is 14.0. The van der Waals surface area contributed by atoms with Crippen molar-refractivity contribution in [3.05, 3.63) is 115 Å². The van der Waals surface area contributed by atoms with Crippen molar-refractivity contribution < 1.29 is 18.0 Å². The molecule has 0 saturated heterocycles. The number of amides is 1. The molecular weight excluding hydrogens is 469 g/mol. The fourth-order valence-corrected chi connectivity index (χ4v) is 4.89. The van der Waals surface area contributed by atoms with E-state index in [4.69, 9.17) is 0 Å². The molecule has 4 aromatic carbocycles. The largest absolute Gasteiger partial charge is 0.416 e. The summed E-state index contributed by atoms with van der Waals surface area (Å²) in [6.07, 6.45) is -2.21. The molecule has 0 fully saturated rings. The fourth-order valence-electron chi connectivity index (χ4n) is 3.93. The van der Waals surface area contributed by atoms with Crippen molar-refractivity contribution in [2.45, 2.75) is 16.0 Å². The average molecular weight is 489 g/mol. The lowest BCUT2D eigenvalue weighted by Crippen LogP contribution is -2.27. The van der Waals surface area contributed by atoms with E-state index in [1.165, 1.54) is 28.9 Å². The van der Waals surface area contributed by atoms with E-state index < -0.39 is 11.7 Å². The third kappa shape index (κ3) is 4.68. The number of nitrogens with zero attached hydrogens (tertiary/aromatic N) is 2. The first kappa shape index (κ1) is 22.8. The SMILES string of the molecule is O=CN(c1cccc(C(F)(F)F)c1)n1cc(Sc2ccc(-c3ccccc3)cc2)c2ccccc21. The number of hydrogen-bond acceptors (Lipinski definition) is 2. The van der Waals surface area contributed by atoms with Gasteiger partial charge in [-0.2, -0.15) is 13.2 Å². The van der Waals surface area contributed by atoms with E-state index in [1.54, 1.807) is 10.9 Å². The van der Waals surface area contributed by atoms with Crippen LogP contribution in [0, 0.1) is 0 Å². The van der Waals surface area contributed by atoms with Gasteiger partial charge < -0.3 is 0 Å². The Balaban J connectivity index is 1.51. The number of alkyl halides is 3. The average Bonchev–Trinajstić information content (AvgIpc) is 3.23. The fraction of sp³-hybridized carbons (Fsp3) is 0.0357. The summed E-state index contributed by atoms with van der Waals surface area (Å²) in [5, 5.41) is 2.07. The molecule has 1 aromatic heterocycles. The van der Waals surface area contributed by atoms with Crippen LogP contribution in [0.2, 0.25) is 0 Å². The summed E-state index contributed by atoms with van der Waals surface area (Å²) >= 11 is 1.53. The molecule has 0 unspecified atom stereocenters. The number of benzene rings is 4. The normalized spacial score (nSPS) is 11.5. The van der Waals surface area contributed by atoms with Crippen LogP contribution in [0.15, 0.2) is 119 Å². The number of aromatic nitrogens is 1. The molecule has 0 aliphatic rings. The number of carbonyl (C=O) groups excluding carboxylic acids is 1. The molecule has 1 amide bonds. The topological polar surface area (TPSA) is 25.2 Å². The van der Waals surface area contributed by atoms with Gasteiger partial charge in [-0.3, -0.25) is 9.47 Å². The van der Waals surface area contributed by atoms with Gasteiger partial charge in [0.2, 0.25) is 6.41 Å². The molecule has 7 heteroatoms. The Morgan fingerprint density at radius 1 is 0.771 bits per heavy atom. The zero-order valence-corrected chi connectivity index (χ0v) is 19.1. The molecule has 0 aliphatic heterocycles. The van der Waals surface area contributed by atoms with Crippen LogP contribution in [0.25, 0.3) is 22.0 Å². The van der Waals surface area contributed by atoms with Gasteiger partial charge in [0, 0.05) is 21.4 Å². The van der Waals surface area contributed by atoms with Gasteiger partial charge in [0.05, 0.1) is 16.8 Å². The van der Waals surface area contributed by atoms with E-state index in [-0.39, 0.29) is 5.69 Å². The highest BCUT2D eigenvalue weighted by molar-refractivity contribution is 7.99. The minimum Gasteiger partial charge on any atom is -0.276 e. The Hall–Kier alpha value is -3.97. The van der Waals surface area contributed by atoms with Gasteiger partial charge in [-0.05, 0) is 47.5 Å². The Morgan fingerprint density at radius 2 is 1.46 bits per heavy atom. The van der Waals surface area contributed by atoms with Crippen molar-refractivity contribution in [3.8, 4) is 11.1 Å². The molecular formula is C28H19F3N2OS. The maximum Gasteiger partial charge on any atom is 0.416 e. The van der Waals surface area contributed by atoms with Crippen LogP contribution < -0.4 is 5.01 Å². The van der Waals surface area contributed by atoms with Crippen LogP contribution >= 0.6 is 11.8 Å². The Bertz CT molecular complexity index is 1480. The number of para-hydroxylation sites is 1. The zero-order chi connectivity index (χ0) is 24.4. The molecule has 0 aliphatic carbocycles. The molecule has 5 rings (SSSR count). The lowest BCUT2D eigenvalue weighted by atomic mass is 10.1. The smallest absolute Gasteiger partial charge is 0.276 e. The highest BCUT2D eigenvalue weighted by Gasteiger charge is 2.31. The summed E-state index contributed by atoms with van der Waals surface area (Å²) in [6, 6.07) is 30.5. The molecule has 1 heterocycles. The number of rotatable bonds is 6. The molecule has 5 aromatic rings. The summed E-state index contributed by atoms with van der Waals surface area (Å²) in [5.41, 5.74) is 2.25. The predicted octanol–water partition coefficient (Wildman–Crippen LogP) is 7.90. The van der Waals surface area contributed by atoms with Gasteiger partial charge >= 0.3 is 6.18 Å². The summed E-state index contributed by atoms with van der Waals surface area (Å²) in [7, 11) is 0. The van der Waals surface area contributed by atoms with E-state index >= 15 is 0 Å². The second-order valence-corrected chi connectivity index (χ2v) is 8.96. The monoisotopic (exact) mass is 488 g/mol. The third-order valence-corrected chi connectivity index (χ3v) is 6.67. The van der Waals surface area contributed by atoms with E-state index in [2.05, 4.69) is 24.3 Å². The van der Waals surface area contributed by atoms with E-state index in [0.717, 1.165) is 38.4 Å². The van der Waals surface area contributed by atoms with Crippen LogP contribution in [-0.2, 0) is 11.0 Å². The van der Waals surface area contributed by atoms with Gasteiger partial charge in [-0.15, -0.1) is 0 Å². The Kier molecular flexibility index (Phi) is 6.09. The minimum atomic E-state index is -4.50. The molecule has 0 saturated carbocycles. The standard InChI is InChI=1S/C28H19F3N2OS/c29-28(30,31)22-9-6-10-23(17-22)33(19-34)32-18-27(25-11-4-5-12-26(25)32)35-24-15-13-21(14-16-24)20-7-2-1-3-8-20/h1-19H. The molecule has 3 nitrogen and oxygen atoms in total. The maximum absolute atomic E-state index is 13.3. The first-order valence-electron chi connectivity index (χ1n) is 10.8. The van der Waals surface area contributed by atoms with Crippen LogP contribution in [0.4, 0.5) is 18.9 Å². The molecule has 0 spiro atoms. The van der Waals surface area contributed by atoms with E-state index in [9.17, 15) is 18.0 Å². The van der Waals surface area contributed by atoms with E-state index in [1.807, 2.05) is 54.6 Å². The third-order valence-electron chi connectivity index (χ3n) is 5.62. The van der Waals surface area contributed by atoms with E-state index in [0.29, 0.717) is 11.9 Å². The van der Waals surface area contributed by atoms with Crippen LogP contribution in [-0.4, -0.2) is 11.1 Å². The second kappa shape index (κ2) is 9.35. The van der Waals surface area contributed by atoms with Gasteiger partial charge in [-0.1, -0.05) is 78.5 Å². The molecule has 174 valence electrons. The highest BCUT2D eigenvalue weighted by Crippen LogP contribution is 2.37. The second-order valence-electron chi connectivity index (χ2n) is 7.85. The molecule has 35 heavy (non-hydrogen) atoms. The first-order chi connectivity index (χ1) is 16.9. The summed E-state index contributed by atoms with van der Waals surface area (Å²) in [6.45, 7) is 0. The summed E-state index contributed by atoms with van der Waals surface area (Å²) < 4.78 is 41.4. The molecule has 0 N–H and O–H groups in total. The van der Waals surface area contributed by atoms with Crippen LogP contribution in [0.1, 0.15) is 5.56 Å². The Morgan fingerprint density at radius 3 is 2.17 bits per heavy atom. The van der Waals surface area contributed by atoms with Gasteiger partial charge in [0.25, 0.3) is 0 Å². The van der Waals surface area contributed by atoms with Crippen molar-refractivity contribution in [2.75, 3.05) is 5.01 Å². The molecule has 0 bridgehead atoms. The number of fused-ring (bicyclic) bond motifs is 1. The van der Waals surface area contributed by atoms with Gasteiger partial charge in [0.1, 0.15) is 0 Å². The van der Waals surface area contributed by atoms with Crippen molar-refractivity contribution >= 4 is 34.8 Å². The van der Waals surface area contributed by atoms with Crippen molar-refractivity contribution in [1.82, 2.24) is 4.68 Å². The highest BCUT2D eigenvalue weighted by atomic mass is 32.2. The quantitative estimate of drug-likeness (QED) is 0.227. The lowest BCUT2D eigenvalue weighted by Gasteiger charge is -2.21. The molecule has 0 radical (unpaired) electrons. The maximum atomic E-state index is 13.3.